The molecule has 1 heterocycles. The van der Waals surface area contributed by atoms with Crippen LogP contribution in [0.4, 0.5) is 0 Å². The monoisotopic (exact) mass is 110 g/mol. The molecule has 0 spiro atoms. The molecule has 6 N–H and O–H groups in total. The van der Waals surface area contributed by atoms with Gasteiger partial charge in [0.2, 0.25) is 0 Å². The van der Waals surface area contributed by atoms with E-state index in [1.54, 1.807) is 0 Å². The van der Waals surface area contributed by atoms with Gasteiger partial charge in [-0.15, -0.1) is 0 Å². The van der Waals surface area contributed by atoms with Crippen LogP contribution in [0.2, 0.25) is 0 Å². The smallest absolute Gasteiger partial charge is 0.258 e. The number of hydrogen-bond acceptors (Lipinski definition) is 4. The van der Waals surface area contributed by atoms with Gasteiger partial charge in [0.1, 0.15) is 0 Å². The minimum atomic E-state index is -0.833. The molecule has 0 amide bonds. The largest absolute Gasteiger partial charge is 0.412 e. The predicted molar refractivity (Wildman–Crippen MR) is 23.4 cm³/mol. The SMILES string of the molecule is NC1(N)OS1.O. The van der Waals surface area contributed by atoms with Crippen LogP contribution < -0.4 is 11.5 Å². The summed E-state index contributed by atoms with van der Waals surface area (Å²) < 4.78 is 4.37. The first kappa shape index (κ1) is 6.19. The zero-order valence-corrected chi connectivity index (χ0v) is 3.79. The predicted octanol–water partition coefficient (Wildman–Crippen LogP) is -1.63. The van der Waals surface area contributed by atoms with E-state index in [-0.39, 0.29) is 5.48 Å². The number of hydrogen-bond donors (Lipinski definition) is 2. The summed E-state index contributed by atoms with van der Waals surface area (Å²) >= 11 is 1.08. The maximum absolute atomic E-state index is 4.98. The molecule has 5 heteroatoms. The van der Waals surface area contributed by atoms with Crippen molar-refractivity contribution in [3.63, 3.8) is 0 Å². The lowest BCUT2D eigenvalue weighted by Gasteiger charge is -1.80. The van der Waals surface area contributed by atoms with Crippen molar-refractivity contribution < 1.29 is 9.66 Å². The van der Waals surface area contributed by atoms with Crippen LogP contribution >= 0.6 is 12.0 Å². The molecule has 1 saturated heterocycles. The summed E-state index contributed by atoms with van der Waals surface area (Å²) in [6.45, 7) is 0. The van der Waals surface area contributed by atoms with Crippen molar-refractivity contribution in [2.45, 2.75) is 5.18 Å². The lowest BCUT2D eigenvalue weighted by atomic mass is 11.1. The normalized spacial score (nSPS) is 25.0. The van der Waals surface area contributed by atoms with E-state index in [9.17, 15) is 0 Å². The highest BCUT2D eigenvalue weighted by atomic mass is 32.2. The van der Waals surface area contributed by atoms with Gasteiger partial charge in [-0.2, -0.15) is 0 Å². The van der Waals surface area contributed by atoms with Gasteiger partial charge in [-0.25, -0.2) is 0 Å². The Morgan fingerprint density at radius 1 is 1.50 bits per heavy atom. The third kappa shape index (κ3) is 1.58. The molecule has 1 fully saturated rings. The van der Waals surface area contributed by atoms with Crippen LogP contribution in [0, 0.1) is 0 Å². The summed E-state index contributed by atoms with van der Waals surface area (Å²) in [7, 11) is 0. The summed E-state index contributed by atoms with van der Waals surface area (Å²) in [5.74, 6) is 0. The van der Waals surface area contributed by atoms with Crippen LogP contribution in [-0.2, 0) is 4.18 Å². The van der Waals surface area contributed by atoms with Gasteiger partial charge in [-0.3, -0.25) is 15.7 Å². The van der Waals surface area contributed by atoms with E-state index in [4.69, 9.17) is 11.5 Å². The maximum atomic E-state index is 4.98. The topological polar surface area (TPSA) is 96.1 Å². The first-order chi connectivity index (χ1) is 2.21. The summed E-state index contributed by atoms with van der Waals surface area (Å²) in [4.78, 5) is 0. The van der Waals surface area contributed by atoms with E-state index in [1.165, 1.54) is 0 Å². The fourth-order valence-electron chi connectivity index (χ4n) is 0.0481. The summed E-state index contributed by atoms with van der Waals surface area (Å²) in [5, 5.41) is -0.833. The summed E-state index contributed by atoms with van der Waals surface area (Å²) in [6, 6.07) is 0. The third-order valence-electron chi connectivity index (χ3n) is 0.276. The molecule has 6 heavy (non-hydrogen) atoms. The van der Waals surface area contributed by atoms with Gasteiger partial charge < -0.3 is 5.48 Å². The van der Waals surface area contributed by atoms with Crippen molar-refractivity contribution in [2.75, 3.05) is 0 Å². The molecule has 0 saturated carbocycles. The van der Waals surface area contributed by atoms with Gasteiger partial charge in [0.25, 0.3) is 5.18 Å². The molecule has 0 aromatic carbocycles. The first-order valence-corrected chi connectivity index (χ1v) is 1.89. The zero-order valence-electron chi connectivity index (χ0n) is 2.97. The Morgan fingerprint density at radius 3 is 1.67 bits per heavy atom. The van der Waals surface area contributed by atoms with Crippen molar-refractivity contribution in [1.29, 1.82) is 0 Å². The molecule has 0 radical (unpaired) electrons. The van der Waals surface area contributed by atoms with Gasteiger partial charge in [0, 0.05) is 0 Å². The molecule has 1 rings (SSSR count). The van der Waals surface area contributed by atoms with Crippen LogP contribution in [0.5, 0.6) is 0 Å². The first-order valence-electron chi connectivity index (χ1n) is 1.15. The van der Waals surface area contributed by atoms with Gasteiger partial charge >= 0.3 is 0 Å². The maximum Gasteiger partial charge on any atom is 0.258 e. The molecule has 0 aliphatic carbocycles. The quantitative estimate of drug-likeness (QED) is 0.222. The lowest BCUT2D eigenvalue weighted by Crippen LogP contribution is -2.31. The Balaban J connectivity index is 0.000000250. The van der Waals surface area contributed by atoms with E-state index in [2.05, 4.69) is 4.18 Å². The standard InChI is InChI=1S/CH4N2OS.H2O/c2-1(3)4-5-1;/h2-3H2;1H2. The highest BCUT2D eigenvalue weighted by molar-refractivity contribution is 8.01. The Hall–Kier alpha value is 0.190. The minimum Gasteiger partial charge on any atom is -0.412 e. The van der Waals surface area contributed by atoms with Gasteiger partial charge in [-0.1, -0.05) is 0 Å². The Labute approximate surface area is 39.3 Å². The summed E-state index contributed by atoms with van der Waals surface area (Å²) in [6.07, 6.45) is 0. The molecule has 0 atom stereocenters. The molecule has 0 aromatic heterocycles. The molecule has 0 aromatic rings. The lowest BCUT2D eigenvalue weighted by molar-refractivity contribution is 0.338. The molecule has 38 valence electrons. The zero-order chi connectivity index (χ0) is 3.91. The third-order valence-corrected chi connectivity index (χ3v) is 0.827. The van der Waals surface area contributed by atoms with Crippen molar-refractivity contribution >= 4 is 12.0 Å². The van der Waals surface area contributed by atoms with E-state index in [0.717, 1.165) is 12.0 Å². The van der Waals surface area contributed by atoms with Gasteiger partial charge in [-0.05, 0) is 0 Å². The van der Waals surface area contributed by atoms with Crippen LogP contribution in [0.25, 0.3) is 0 Å². The van der Waals surface area contributed by atoms with Crippen molar-refractivity contribution in [3.05, 3.63) is 0 Å². The Bertz CT molecular complexity index is 49.5. The average Bonchev–Trinajstić information content (AvgIpc) is 1.76. The molecule has 0 bridgehead atoms. The number of rotatable bonds is 0. The van der Waals surface area contributed by atoms with Crippen LogP contribution in [0.3, 0.4) is 0 Å². The highest BCUT2D eigenvalue weighted by Gasteiger charge is 2.38. The second kappa shape index (κ2) is 1.36. The number of nitrogens with two attached hydrogens (primary N) is 2. The molecule has 1 aliphatic heterocycles. The highest BCUT2D eigenvalue weighted by Crippen LogP contribution is 2.35. The van der Waals surface area contributed by atoms with Gasteiger partial charge in [0.05, 0.1) is 12.0 Å². The van der Waals surface area contributed by atoms with Crippen LogP contribution in [0.15, 0.2) is 0 Å². The van der Waals surface area contributed by atoms with Crippen molar-refractivity contribution in [1.82, 2.24) is 0 Å². The molecular weight excluding hydrogens is 104 g/mol. The molecule has 4 nitrogen and oxygen atoms in total. The van der Waals surface area contributed by atoms with Crippen molar-refractivity contribution in [3.8, 4) is 0 Å². The molecular formula is CH6N2O2S. The minimum absolute atomic E-state index is 0. The van der Waals surface area contributed by atoms with Gasteiger partial charge in [0.15, 0.2) is 0 Å². The molecule has 1 aliphatic rings. The molecule has 0 unspecified atom stereocenters. The summed E-state index contributed by atoms with van der Waals surface area (Å²) in [5.41, 5.74) is 9.97. The van der Waals surface area contributed by atoms with E-state index >= 15 is 0 Å². The van der Waals surface area contributed by atoms with E-state index < -0.39 is 5.18 Å². The fraction of sp³-hybridized carbons (Fsp3) is 1.00. The van der Waals surface area contributed by atoms with Crippen LogP contribution in [-0.4, -0.2) is 10.7 Å². The Kier molecular flexibility index (Phi) is 1.40. The van der Waals surface area contributed by atoms with Crippen LogP contribution in [0.1, 0.15) is 0 Å². The van der Waals surface area contributed by atoms with Crippen molar-refractivity contribution in [2.24, 2.45) is 11.5 Å². The average molecular weight is 110 g/mol. The van der Waals surface area contributed by atoms with E-state index in [1.807, 2.05) is 0 Å². The van der Waals surface area contributed by atoms with E-state index in [0.29, 0.717) is 0 Å². The second-order valence-corrected chi connectivity index (χ2v) is 1.86. The second-order valence-electron chi connectivity index (χ2n) is 0.888. The fourth-order valence-corrected chi connectivity index (χ4v) is 0.144. The Morgan fingerprint density at radius 2 is 1.67 bits per heavy atom.